The second-order valence-corrected chi connectivity index (χ2v) is 7.40. The van der Waals surface area contributed by atoms with E-state index in [1.807, 2.05) is 6.07 Å². The molecule has 1 atom stereocenters. The molecule has 1 unspecified atom stereocenters. The van der Waals surface area contributed by atoms with Gasteiger partial charge in [0.2, 0.25) is 5.91 Å². The Bertz CT molecular complexity index is 793. The summed E-state index contributed by atoms with van der Waals surface area (Å²) in [5.74, 6) is -0.806. The van der Waals surface area contributed by atoms with Crippen LogP contribution in [0.25, 0.3) is 0 Å². The van der Waals surface area contributed by atoms with Gasteiger partial charge in [0.1, 0.15) is 12.1 Å². The van der Waals surface area contributed by atoms with E-state index in [4.69, 9.17) is 5.26 Å². The van der Waals surface area contributed by atoms with Gasteiger partial charge in [-0.3, -0.25) is 14.5 Å². The largest absolute Gasteiger partial charge is 0.352 e. The van der Waals surface area contributed by atoms with Gasteiger partial charge < -0.3 is 10.6 Å². The Balaban J connectivity index is 1.70. The number of imide groups is 1. The summed E-state index contributed by atoms with van der Waals surface area (Å²) in [7, 11) is 0. The molecule has 0 bridgehead atoms. The molecule has 2 aliphatic rings. The smallest absolute Gasteiger partial charge is 0.325 e. The van der Waals surface area contributed by atoms with Crippen molar-refractivity contribution in [3.05, 3.63) is 35.4 Å². The maximum Gasteiger partial charge on any atom is 0.325 e. The summed E-state index contributed by atoms with van der Waals surface area (Å²) in [6.45, 7) is 1.29. The summed E-state index contributed by atoms with van der Waals surface area (Å²) >= 11 is 0. The monoisotopic (exact) mass is 368 g/mol. The molecule has 1 aliphatic carbocycles. The number of carbonyl (C=O) groups is 3. The molecule has 7 nitrogen and oxygen atoms in total. The van der Waals surface area contributed by atoms with Gasteiger partial charge in [0.05, 0.1) is 11.6 Å². The van der Waals surface area contributed by atoms with Gasteiger partial charge in [-0.1, -0.05) is 37.8 Å². The molecule has 7 heteroatoms. The lowest BCUT2D eigenvalue weighted by atomic mass is 9.91. The second kappa shape index (κ2) is 7.78. The maximum absolute atomic E-state index is 12.9. The van der Waals surface area contributed by atoms with E-state index in [9.17, 15) is 14.4 Å². The number of urea groups is 1. The summed E-state index contributed by atoms with van der Waals surface area (Å²) in [4.78, 5) is 38.6. The molecule has 3 rings (SSSR count). The predicted octanol–water partition coefficient (Wildman–Crippen LogP) is 2.16. The zero-order chi connectivity index (χ0) is 19.4. The van der Waals surface area contributed by atoms with Crippen molar-refractivity contribution in [2.24, 2.45) is 0 Å². The molecule has 1 saturated heterocycles. The van der Waals surface area contributed by atoms with E-state index < -0.39 is 17.5 Å². The number of nitrogens with one attached hydrogen (secondary N) is 2. The van der Waals surface area contributed by atoms with Crippen LogP contribution in [0.15, 0.2) is 24.3 Å². The lowest BCUT2D eigenvalue weighted by Crippen LogP contribution is -2.45. The second-order valence-electron chi connectivity index (χ2n) is 7.40. The SMILES string of the molecule is CC1(c2cccc(C#N)c2)NC(=O)N(CC(=O)NC2CCCCCC2)C1=O. The zero-order valence-electron chi connectivity index (χ0n) is 15.5. The van der Waals surface area contributed by atoms with Crippen molar-refractivity contribution in [2.75, 3.05) is 6.54 Å². The standard InChI is InChI=1S/C20H24N4O3/c1-20(15-8-6-7-14(11-15)12-21)18(26)24(19(27)23-20)13-17(25)22-16-9-4-2-3-5-10-16/h6-8,11,16H,2-5,9-10,13H2,1H3,(H,22,25)(H,23,27). The van der Waals surface area contributed by atoms with Crippen LogP contribution >= 0.6 is 0 Å². The van der Waals surface area contributed by atoms with Gasteiger partial charge in [0.15, 0.2) is 0 Å². The third kappa shape index (κ3) is 3.95. The highest BCUT2D eigenvalue weighted by molar-refractivity contribution is 6.09. The molecule has 1 saturated carbocycles. The van der Waals surface area contributed by atoms with Gasteiger partial charge in [-0.25, -0.2) is 4.79 Å². The van der Waals surface area contributed by atoms with Crippen LogP contribution in [0.5, 0.6) is 0 Å². The first-order chi connectivity index (χ1) is 12.9. The molecule has 0 spiro atoms. The molecule has 4 amide bonds. The zero-order valence-corrected chi connectivity index (χ0v) is 15.5. The number of amides is 4. The summed E-state index contributed by atoms with van der Waals surface area (Å²) in [6.07, 6.45) is 6.40. The van der Waals surface area contributed by atoms with Crippen LogP contribution < -0.4 is 10.6 Å². The lowest BCUT2D eigenvalue weighted by molar-refractivity contribution is -0.135. The van der Waals surface area contributed by atoms with Crippen LogP contribution in [0.2, 0.25) is 0 Å². The van der Waals surface area contributed by atoms with Gasteiger partial charge in [-0.15, -0.1) is 0 Å². The Hall–Kier alpha value is -2.88. The Morgan fingerprint density at radius 3 is 2.67 bits per heavy atom. The fraction of sp³-hybridized carbons (Fsp3) is 0.500. The number of benzene rings is 1. The summed E-state index contributed by atoms with van der Waals surface area (Å²) in [6, 6.07) is 8.10. The third-order valence-corrected chi connectivity index (χ3v) is 5.37. The van der Waals surface area contributed by atoms with E-state index in [1.165, 1.54) is 12.8 Å². The molecule has 2 N–H and O–H groups in total. The highest BCUT2D eigenvalue weighted by Gasteiger charge is 2.49. The number of nitrogens with zero attached hydrogens (tertiary/aromatic N) is 2. The number of rotatable bonds is 4. The molecule has 1 aromatic carbocycles. The summed E-state index contributed by atoms with van der Waals surface area (Å²) in [5, 5.41) is 14.7. The Morgan fingerprint density at radius 1 is 1.30 bits per heavy atom. The first kappa shape index (κ1) is 18.9. The molecule has 1 aliphatic heterocycles. The molecule has 142 valence electrons. The average Bonchev–Trinajstić information content (AvgIpc) is 2.85. The topological polar surface area (TPSA) is 102 Å². The molecule has 1 heterocycles. The van der Waals surface area contributed by atoms with Gasteiger partial charge in [-0.05, 0) is 37.5 Å². The van der Waals surface area contributed by atoms with E-state index in [-0.39, 0.29) is 18.5 Å². The fourth-order valence-electron chi connectivity index (χ4n) is 3.78. The number of nitriles is 1. The van der Waals surface area contributed by atoms with E-state index in [2.05, 4.69) is 10.6 Å². The van der Waals surface area contributed by atoms with Crippen LogP contribution in [0.3, 0.4) is 0 Å². The van der Waals surface area contributed by atoms with Crippen LogP contribution in [0, 0.1) is 11.3 Å². The highest BCUT2D eigenvalue weighted by atomic mass is 16.2. The molecule has 2 fully saturated rings. The normalized spacial score (nSPS) is 23.5. The van der Waals surface area contributed by atoms with E-state index in [1.54, 1.807) is 31.2 Å². The predicted molar refractivity (Wildman–Crippen MR) is 98.4 cm³/mol. The first-order valence-corrected chi connectivity index (χ1v) is 9.38. The van der Waals surface area contributed by atoms with Gasteiger partial charge in [-0.2, -0.15) is 5.26 Å². The van der Waals surface area contributed by atoms with Crippen molar-refractivity contribution in [2.45, 2.75) is 57.0 Å². The molecule has 0 radical (unpaired) electrons. The Labute approximate surface area is 158 Å². The van der Waals surface area contributed by atoms with Crippen LogP contribution in [-0.4, -0.2) is 35.3 Å². The number of hydrogen-bond acceptors (Lipinski definition) is 4. The summed E-state index contributed by atoms with van der Waals surface area (Å²) < 4.78 is 0. The van der Waals surface area contributed by atoms with Crippen molar-refractivity contribution < 1.29 is 14.4 Å². The van der Waals surface area contributed by atoms with E-state index in [0.717, 1.165) is 30.6 Å². The quantitative estimate of drug-likeness (QED) is 0.628. The Morgan fingerprint density at radius 2 is 2.00 bits per heavy atom. The van der Waals surface area contributed by atoms with Crippen molar-refractivity contribution in [3.8, 4) is 6.07 Å². The van der Waals surface area contributed by atoms with Crippen molar-refractivity contribution in [1.82, 2.24) is 15.5 Å². The van der Waals surface area contributed by atoms with Crippen LogP contribution in [0.4, 0.5) is 4.79 Å². The van der Waals surface area contributed by atoms with Crippen molar-refractivity contribution in [1.29, 1.82) is 5.26 Å². The summed E-state index contributed by atoms with van der Waals surface area (Å²) in [5.41, 5.74) is -0.362. The van der Waals surface area contributed by atoms with Gasteiger partial charge >= 0.3 is 6.03 Å². The Kier molecular flexibility index (Phi) is 5.45. The number of hydrogen-bond donors (Lipinski definition) is 2. The lowest BCUT2D eigenvalue weighted by Gasteiger charge is -2.23. The average molecular weight is 368 g/mol. The molecule has 27 heavy (non-hydrogen) atoms. The number of carbonyl (C=O) groups excluding carboxylic acids is 3. The van der Waals surface area contributed by atoms with Crippen molar-refractivity contribution >= 4 is 17.8 Å². The minimum atomic E-state index is -1.29. The van der Waals surface area contributed by atoms with Crippen molar-refractivity contribution in [3.63, 3.8) is 0 Å². The fourth-order valence-corrected chi connectivity index (χ4v) is 3.78. The van der Waals surface area contributed by atoms with Gasteiger partial charge in [0, 0.05) is 6.04 Å². The van der Waals surface area contributed by atoms with E-state index in [0.29, 0.717) is 11.1 Å². The maximum atomic E-state index is 12.9. The first-order valence-electron chi connectivity index (χ1n) is 9.38. The van der Waals surface area contributed by atoms with Gasteiger partial charge in [0.25, 0.3) is 5.91 Å². The third-order valence-electron chi connectivity index (χ3n) is 5.37. The molecule has 0 aromatic heterocycles. The molecular formula is C20H24N4O3. The minimum absolute atomic E-state index is 0.111. The van der Waals surface area contributed by atoms with Crippen LogP contribution in [-0.2, 0) is 15.1 Å². The minimum Gasteiger partial charge on any atom is -0.352 e. The van der Waals surface area contributed by atoms with E-state index >= 15 is 0 Å². The molecule has 1 aromatic rings. The highest BCUT2D eigenvalue weighted by Crippen LogP contribution is 2.29. The van der Waals surface area contributed by atoms with Crippen LogP contribution in [0.1, 0.15) is 56.6 Å². The molecular weight excluding hydrogens is 344 g/mol.